The second-order valence-electron chi connectivity index (χ2n) is 18.1. The number of allylic oxidation sites excluding steroid dienone is 8. The summed E-state index contributed by atoms with van der Waals surface area (Å²) in [6.07, 6.45) is 62.3. The molecule has 0 rings (SSSR count). The van der Waals surface area contributed by atoms with Gasteiger partial charge in [-0.1, -0.05) is 223 Å². The van der Waals surface area contributed by atoms with Crippen molar-refractivity contribution < 1.29 is 28.6 Å². The van der Waals surface area contributed by atoms with Gasteiger partial charge in [0.1, 0.15) is 13.2 Å². The largest absolute Gasteiger partial charge is 0.462 e. The number of ether oxygens (including phenoxy) is 3. The first kappa shape index (κ1) is 60.4. The first-order chi connectivity index (χ1) is 31.0. The van der Waals surface area contributed by atoms with Crippen LogP contribution < -0.4 is 0 Å². The molecule has 0 heterocycles. The van der Waals surface area contributed by atoms with Gasteiger partial charge in [0.2, 0.25) is 0 Å². The summed E-state index contributed by atoms with van der Waals surface area (Å²) in [6, 6.07) is 0. The first-order valence-electron chi connectivity index (χ1n) is 27.1. The molecule has 1 atom stereocenters. The number of unbranched alkanes of at least 4 members (excludes halogenated alkanes) is 30. The lowest BCUT2D eigenvalue weighted by Gasteiger charge is -2.18. The molecular formula is C57H102O6. The average molecular weight is 883 g/mol. The van der Waals surface area contributed by atoms with E-state index in [9.17, 15) is 14.4 Å². The van der Waals surface area contributed by atoms with E-state index >= 15 is 0 Å². The molecule has 0 spiro atoms. The third kappa shape index (κ3) is 50.2. The maximum atomic E-state index is 12.8. The predicted molar refractivity (Wildman–Crippen MR) is 270 cm³/mol. The number of carbonyl (C=O) groups excluding carboxylic acids is 3. The van der Waals surface area contributed by atoms with Crippen LogP contribution in [-0.4, -0.2) is 37.2 Å². The minimum Gasteiger partial charge on any atom is -0.462 e. The fourth-order valence-electron chi connectivity index (χ4n) is 7.68. The fraction of sp³-hybridized carbons (Fsp3) is 0.807. The molecule has 0 saturated carbocycles. The lowest BCUT2D eigenvalue weighted by molar-refractivity contribution is -0.167. The molecule has 63 heavy (non-hydrogen) atoms. The Morgan fingerprint density at radius 2 is 0.571 bits per heavy atom. The molecule has 6 heteroatoms. The van der Waals surface area contributed by atoms with Crippen molar-refractivity contribution in [2.75, 3.05) is 13.2 Å². The Hall–Kier alpha value is -2.63. The van der Waals surface area contributed by atoms with E-state index in [1.807, 2.05) is 0 Å². The molecule has 0 aliphatic carbocycles. The summed E-state index contributed by atoms with van der Waals surface area (Å²) in [5, 5.41) is 0. The van der Waals surface area contributed by atoms with Gasteiger partial charge in [0.05, 0.1) is 0 Å². The van der Waals surface area contributed by atoms with Crippen LogP contribution in [0.15, 0.2) is 48.6 Å². The van der Waals surface area contributed by atoms with Crippen molar-refractivity contribution in [3.8, 4) is 0 Å². The lowest BCUT2D eigenvalue weighted by atomic mass is 10.1. The molecule has 0 aromatic rings. The average Bonchev–Trinajstić information content (AvgIpc) is 3.28. The van der Waals surface area contributed by atoms with Crippen molar-refractivity contribution in [2.45, 2.75) is 284 Å². The number of hydrogen-bond acceptors (Lipinski definition) is 6. The standard InChI is InChI=1S/C57H102O6/c1-4-7-10-13-16-19-22-24-26-28-30-32-35-38-41-44-47-50-56(59)62-53-54(52-61-55(58)49-46-43-40-37-34-21-18-15-12-9-6-3)63-57(60)51-48-45-42-39-36-33-31-29-27-25-23-20-17-14-11-8-5-2/h16,19,24-27,30,32,54H,4-15,17-18,20-23,28-29,31,33-53H2,1-3H3/b19-16-,26-24-,27-25-,32-30-/t54-/m1/s1. The van der Waals surface area contributed by atoms with E-state index in [1.165, 1.54) is 154 Å². The number of rotatable bonds is 49. The number of hydrogen-bond donors (Lipinski definition) is 0. The van der Waals surface area contributed by atoms with E-state index in [4.69, 9.17) is 14.2 Å². The Balaban J connectivity index is 4.38. The molecule has 0 aromatic heterocycles. The Morgan fingerprint density at radius 1 is 0.317 bits per heavy atom. The Morgan fingerprint density at radius 3 is 0.937 bits per heavy atom. The minimum absolute atomic E-state index is 0.0798. The third-order valence-electron chi connectivity index (χ3n) is 11.8. The van der Waals surface area contributed by atoms with E-state index in [1.54, 1.807) is 0 Å². The number of carbonyl (C=O) groups is 3. The summed E-state index contributed by atoms with van der Waals surface area (Å²) in [4.78, 5) is 38.0. The maximum Gasteiger partial charge on any atom is 0.306 e. The van der Waals surface area contributed by atoms with Crippen LogP contribution in [-0.2, 0) is 28.6 Å². The summed E-state index contributed by atoms with van der Waals surface area (Å²) < 4.78 is 16.8. The van der Waals surface area contributed by atoms with E-state index in [2.05, 4.69) is 69.4 Å². The van der Waals surface area contributed by atoms with Gasteiger partial charge >= 0.3 is 17.9 Å². The van der Waals surface area contributed by atoms with Crippen molar-refractivity contribution >= 4 is 17.9 Å². The van der Waals surface area contributed by atoms with Crippen LogP contribution in [0.3, 0.4) is 0 Å². The maximum absolute atomic E-state index is 12.8. The van der Waals surface area contributed by atoms with Gasteiger partial charge in [-0.3, -0.25) is 14.4 Å². The normalized spacial score (nSPS) is 12.4. The Bertz CT molecular complexity index is 1110. The van der Waals surface area contributed by atoms with Crippen LogP contribution in [0, 0.1) is 0 Å². The molecule has 0 bridgehead atoms. The topological polar surface area (TPSA) is 78.9 Å². The zero-order chi connectivity index (χ0) is 45.8. The summed E-state index contributed by atoms with van der Waals surface area (Å²) >= 11 is 0. The van der Waals surface area contributed by atoms with Gasteiger partial charge in [-0.05, 0) is 83.5 Å². The molecule has 0 aliphatic heterocycles. The van der Waals surface area contributed by atoms with E-state index in [0.717, 1.165) is 83.5 Å². The molecular weight excluding hydrogens is 781 g/mol. The van der Waals surface area contributed by atoms with Crippen LogP contribution >= 0.6 is 0 Å². The monoisotopic (exact) mass is 883 g/mol. The van der Waals surface area contributed by atoms with E-state index < -0.39 is 6.10 Å². The van der Waals surface area contributed by atoms with Crippen molar-refractivity contribution in [3.63, 3.8) is 0 Å². The van der Waals surface area contributed by atoms with Gasteiger partial charge in [-0.25, -0.2) is 0 Å². The summed E-state index contributed by atoms with van der Waals surface area (Å²) in [5.41, 5.74) is 0. The first-order valence-corrected chi connectivity index (χ1v) is 27.1. The van der Waals surface area contributed by atoms with Crippen molar-refractivity contribution in [2.24, 2.45) is 0 Å². The van der Waals surface area contributed by atoms with Crippen LogP contribution in [0.5, 0.6) is 0 Å². The highest BCUT2D eigenvalue weighted by molar-refractivity contribution is 5.71. The second kappa shape index (κ2) is 52.0. The highest BCUT2D eigenvalue weighted by Crippen LogP contribution is 2.15. The van der Waals surface area contributed by atoms with Crippen molar-refractivity contribution in [3.05, 3.63) is 48.6 Å². The smallest absolute Gasteiger partial charge is 0.306 e. The SMILES string of the molecule is CCCCC/C=C\C/C=C\C/C=C\CCCCCCC(=O)OC[C@@H](COC(=O)CCCCCCCCCCCCC)OC(=O)CCCCCCCCC/C=C\CCCCCCCC. The lowest BCUT2D eigenvalue weighted by Crippen LogP contribution is -2.30. The van der Waals surface area contributed by atoms with Crippen molar-refractivity contribution in [1.82, 2.24) is 0 Å². The van der Waals surface area contributed by atoms with Gasteiger partial charge in [0, 0.05) is 19.3 Å². The fourth-order valence-corrected chi connectivity index (χ4v) is 7.68. The van der Waals surface area contributed by atoms with Gasteiger partial charge in [-0.2, -0.15) is 0 Å². The molecule has 0 N–H and O–H groups in total. The van der Waals surface area contributed by atoms with Gasteiger partial charge in [0.15, 0.2) is 6.10 Å². The van der Waals surface area contributed by atoms with E-state index in [0.29, 0.717) is 19.3 Å². The zero-order valence-corrected chi connectivity index (χ0v) is 41.8. The third-order valence-corrected chi connectivity index (χ3v) is 11.8. The predicted octanol–water partition coefficient (Wildman–Crippen LogP) is 17.9. The molecule has 0 aliphatic rings. The van der Waals surface area contributed by atoms with Crippen molar-refractivity contribution in [1.29, 1.82) is 0 Å². The van der Waals surface area contributed by atoms with Gasteiger partial charge < -0.3 is 14.2 Å². The summed E-state index contributed by atoms with van der Waals surface area (Å²) in [5.74, 6) is -0.898. The molecule has 0 radical (unpaired) electrons. The molecule has 0 unspecified atom stereocenters. The van der Waals surface area contributed by atoms with Crippen LogP contribution in [0.25, 0.3) is 0 Å². The molecule has 366 valence electrons. The molecule has 0 aromatic carbocycles. The molecule has 0 saturated heterocycles. The second-order valence-corrected chi connectivity index (χ2v) is 18.1. The summed E-state index contributed by atoms with van der Waals surface area (Å²) in [7, 11) is 0. The molecule has 0 amide bonds. The zero-order valence-electron chi connectivity index (χ0n) is 41.8. The van der Waals surface area contributed by atoms with Crippen LogP contribution in [0.2, 0.25) is 0 Å². The van der Waals surface area contributed by atoms with Gasteiger partial charge in [-0.15, -0.1) is 0 Å². The van der Waals surface area contributed by atoms with E-state index in [-0.39, 0.29) is 31.1 Å². The summed E-state index contributed by atoms with van der Waals surface area (Å²) in [6.45, 7) is 6.60. The molecule has 6 nitrogen and oxygen atoms in total. The van der Waals surface area contributed by atoms with Gasteiger partial charge in [0.25, 0.3) is 0 Å². The quantitative estimate of drug-likeness (QED) is 0.0262. The Labute approximate surface area is 390 Å². The Kier molecular flexibility index (Phi) is 49.8. The number of esters is 3. The highest BCUT2D eigenvalue weighted by atomic mass is 16.6. The highest BCUT2D eigenvalue weighted by Gasteiger charge is 2.19. The van der Waals surface area contributed by atoms with Crippen LogP contribution in [0.1, 0.15) is 278 Å². The molecule has 0 fully saturated rings. The van der Waals surface area contributed by atoms with Crippen LogP contribution in [0.4, 0.5) is 0 Å². The minimum atomic E-state index is -0.781.